The molecule has 2 aromatic rings. The van der Waals surface area contributed by atoms with E-state index in [0.29, 0.717) is 32.5 Å². The van der Waals surface area contributed by atoms with Gasteiger partial charge >= 0.3 is 24.1 Å². The number of nitrogens with zero attached hydrogens (tertiary/aromatic N) is 4. The molecule has 244 valence electrons. The molecular formula is C34H43F3N4O4. The maximum atomic E-state index is 13.6. The Morgan fingerprint density at radius 2 is 1.56 bits per heavy atom. The second-order valence-electron chi connectivity index (χ2n) is 13.3. The van der Waals surface area contributed by atoms with Gasteiger partial charge in [-0.2, -0.15) is 13.2 Å². The lowest BCUT2D eigenvalue weighted by atomic mass is 9.89. The van der Waals surface area contributed by atoms with Crippen molar-refractivity contribution in [1.29, 1.82) is 0 Å². The molecule has 0 aromatic heterocycles. The standard InChI is InChI=1S/C34H43F3N4O4/c1-33(2,3)45-30(42)23-39(22-24-7-5-4-6-8-24)27-11-13-28(14-12-27)40-19-20-41(32(40)44)29-10-9-25-15-17-38(18-16-26(25)21-29)31(43)34(35,36)37/h4-10,21,27-28H,11-20,22-23H2,1-3H3/t27-,28-. The zero-order chi connectivity index (χ0) is 32.4. The van der Waals surface area contributed by atoms with E-state index in [9.17, 15) is 27.6 Å². The van der Waals surface area contributed by atoms with Gasteiger partial charge in [-0.1, -0.05) is 36.4 Å². The van der Waals surface area contributed by atoms with Gasteiger partial charge in [0.1, 0.15) is 5.60 Å². The Balaban J connectivity index is 1.20. The SMILES string of the molecule is CC(C)(C)OC(=O)CN(Cc1ccccc1)[C@H]1CC[C@H](N2CCN(c3ccc4c(c3)CCN(C(=O)C(F)(F)F)CC4)C2=O)CC1. The number of esters is 1. The lowest BCUT2D eigenvalue weighted by Gasteiger charge is -2.39. The third-order valence-corrected chi connectivity index (χ3v) is 8.98. The number of urea groups is 1. The molecule has 0 bridgehead atoms. The molecule has 0 unspecified atom stereocenters. The first-order chi connectivity index (χ1) is 21.3. The lowest BCUT2D eigenvalue weighted by Crippen LogP contribution is -2.47. The second-order valence-corrected chi connectivity index (χ2v) is 13.3. The van der Waals surface area contributed by atoms with Crippen LogP contribution in [0.15, 0.2) is 48.5 Å². The van der Waals surface area contributed by atoms with E-state index in [1.165, 1.54) is 0 Å². The Morgan fingerprint density at radius 1 is 0.889 bits per heavy atom. The van der Waals surface area contributed by atoms with Crippen LogP contribution in [0.1, 0.15) is 63.1 Å². The number of benzene rings is 2. The van der Waals surface area contributed by atoms with Crippen molar-refractivity contribution in [2.45, 2.75) is 89.7 Å². The number of amides is 3. The summed E-state index contributed by atoms with van der Waals surface area (Å²) < 4.78 is 44.6. The summed E-state index contributed by atoms with van der Waals surface area (Å²) >= 11 is 0. The van der Waals surface area contributed by atoms with Gasteiger partial charge in [0.15, 0.2) is 0 Å². The van der Waals surface area contributed by atoms with E-state index < -0.39 is 17.7 Å². The van der Waals surface area contributed by atoms with Crippen molar-refractivity contribution >= 4 is 23.6 Å². The summed E-state index contributed by atoms with van der Waals surface area (Å²) in [6, 6.07) is 15.9. The minimum absolute atomic E-state index is 0.00662. The normalized spacial score (nSPS) is 21.1. The van der Waals surface area contributed by atoms with Crippen molar-refractivity contribution in [3.63, 3.8) is 0 Å². The maximum Gasteiger partial charge on any atom is 0.471 e. The van der Waals surface area contributed by atoms with E-state index in [0.717, 1.165) is 53.0 Å². The third kappa shape index (κ3) is 8.17. The van der Waals surface area contributed by atoms with Gasteiger partial charge < -0.3 is 14.5 Å². The number of hydrogen-bond donors (Lipinski definition) is 0. The van der Waals surface area contributed by atoms with Crippen LogP contribution in [0.2, 0.25) is 0 Å². The van der Waals surface area contributed by atoms with Crippen molar-refractivity contribution in [1.82, 2.24) is 14.7 Å². The number of carbonyl (C=O) groups excluding carboxylic acids is 3. The average Bonchev–Trinajstić information content (AvgIpc) is 3.24. The van der Waals surface area contributed by atoms with Crippen molar-refractivity contribution in [2.24, 2.45) is 0 Å². The quantitative estimate of drug-likeness (QED) is 0.375. The number of anilines is 1. The maximum absolute atomic E-state index is 13.6. The van der Waals surface area contributed by atoms with Crippen molar-refractivity contribution in [3.05, 3.63) is 65.2 Å². The van der Waals surface area contributed by atoms with Gasteiger partial charge in [-0.25, -0.2) is 4.79 Å². The van der Waals surface area contributed by atoms with Gasteiger partial charge in [0.25, 0.3) is 0 Å². The van der Waals surface area contributed by atoms with E-state index in [1.807, 2.05) is 62.1 Å². The number of carbonyl (C=O) groups is 3. The number of rotatable bonds is 7. The molecule has 5 rings (SSSR count). The molecule has 1 saturated heterocycles. The fraction of sp³-hybridized carbons (Fsp3) is 0.559. The first-order valence-electron chi connectivity index (χ1n) is 15.8. The van der Waals surface area contributed by atoms with E-state index in [4.69, 9.17) is 4.74 Å². The highest BCUT2D eigenvalue weighted by molar-refractivity contribution is 5.94. The first-order valence-corrected chi connectivity index (χ1v) is 15.8. The molecule has 11 heteroatoms. The highest BCUT2D eigenvalue weighted by atomic mass is 19.4. The molecule has 3 aliphatic rings. The van der Waals surface area contributed by atoms with Crippen LogP contribution < -0.4 is 4.90 Å². The molecule has 0 atom stereocenters. The average molecular weight is 629 g/mol. The Morgan fingerprint density at radius 3 is 2.20 bits per heavy atom. The van der Waals surface area contributed by atoms with Crippen LogP contribution in [0.5, 0.6) is 0 Å². The van der Waals surface area contributed by atoms with E-state index in [2.05, 4.69) is 17.0 Å². The molecule has 0 spiro atoms. The highest BCUT2D eigenvalue weighted by Crippen LogP contribution is 2.33. The van der Waals surface area contributed by atoms with Crippen LogP contribution in [-0.2, 0) is 33.7 Å². The summed E-state index contributed by atoms with van der Waals surface area (Å²) in [6.07, 6.45) is -0.857. The molecule has 0 N–H and O–H groups in total. The van der Waals surface area contributed by atoms with Crippen molar-refractivity contribution in [3.8, 4) is 0 Å². The van der Waals surface area contributed by atoms with Crippen LogP contribution in [-0.4, -0.2) is 89.2 Å². The first kappa shape index (κ1) is 32.8. The largest absolute Gasteiger partial charge is 0.471 e. The summed E-state index contributed by atoms with van der Waals surface area (Å²) in [4.78, 5) is 45.0. The number of fused-ring (bicyclic) bond motifs is 1. The zero-order valence-electron chi connectivity index (χ0n) is 26.3. The fourth-order valence-corrected chi connectivity index (χ4v) is 6.80. The Bertz CT molecular complexity index is 1370. The van der Waals surface area contributed by atoms with Crippen molar-refractivity contribution < 1.29 is 32.3 Å². The summed E-state index contributed by atoms with van der Waals surface area (Å²) in [5, 5.41) is 0. The Kier molecular flexibility index (Phi) is 9.77. The van der Waals surface area contributed by atoms with Gasteiger partial charge in [-0.3, -0.25) is 19.4 Å². The Hall–Kier alpha value is -3.60. The van der Waals surface area contributed by atoms with Crippen LogP contribution in [0.25, 0.3) is 0 Å². The van der Waals surface area contributed by atoms with Gasteiger partial charge in [0.05, 0.1) is 6.54 Å². The number of hydrogen-bond acceptors (Lipinski definition) is 5. The number of ether oxygens (including phenoxy) is 1. The van der Waals surface area contributed by atoms with Crippen LogP contribution in [0, 0.1) is 0 Å². The summed E-state index contributed by atoms with van der Waals surface area (Å²) in [6.45, 7) is 7.61. The van der Waals surface area contributed by atoms with Gasteiger partial charge in [-0.15, -0.1) is 0 Å². The molecule has 8 nitrogen and oxygen atoms in total. The third-order valence-electron chi connectivity index (χ3n) is 8.98. The highest BCUT2D eigenvalue weighted by Gasteiger charge is 2.43. The van der Waals surface area contributed by atoms with Gasteiger partial charge in [0, 0.05) is 50.5 Å². The predicted octanol–water partition coefficient (Wildman–Crippen LogP) is 5.57. The molecule has 2 aliphatic heterocycles. The predicted molar refractivity (Wildman–Crippen MR) is 165 cm³/mol. The van der Waals surface area contributed by atoms with E-state index >= 15 is 0 Å². The number of halogens is 3. The zero-order valence-corrected chi connectivity index (χ0v) is 26.3. The fourth-order valence-electron chi connectivity index (χ4n) is 6.80. The van der Waals surface area contributed by atoms with Gasteiger partial charge in [-0.05, 0) is 88.1 Å². The summed E-state index contributed by atoms with van der Waals surface area (Å²) in [5.41, 5.74) is 3.09. The summed E-state index contributed by atoms with van der Waals surface area (Å²) in [5.74, 6) is -2.05. The molecule has 2 aromatic carbocycles. The summed E-state index contributed by atoms with van der Waals surface area (Å²) in [7, 11) is 0. The minimum Gasteiger partial charge on any atom is -0.459 e. The van der Waals surface area contributed by atoms with Crippen LogP contribution in [0.3, 0.4) is 0 Å². The molecular weight excluding hydrogens is 585 g/mol. The van der Waals surface area contributed by atoms with Crippen molar-refractivity contribution in [2.75, 3.05) is 37.6 Å². The monoisotopic (exact) mass is 628 g/mol. The molecule has 1 saturated carbocycles. The number of alkyl halides is 3. The molecule has 0 radical (unpaired) electrons. The molecule has 2 heterocycles. The molecule has 2 fully saturated rings. The second kappa shape index (κ2) is 13.4. The van der Waals surface area contributed by atoms with E-state index in [1.54, 1.807) is 4.90 Å². The smallest absolute Gasteiger partial charge is 0.459 e. The van der Waals surface area contributed by atoms with Crippen LogP contribution >= 0.6 is 0 Å². The topological polar surface area (TPSA) is 73.4 Å². The van der Waals surface area contributed by atoms with E-state index in [-0.39, 0.29) is 43.7 Å². The minimum atomic E-state index is -4.88. The molecule has 3 amide bonds. The Labute approximate surface area is 263 Å². The van der Waals surface area contributed by atoms with Gasteiger partial charge in [0.2, 0.25) is 0 Å². The lowest BCUT2D eigenvalue weighted by molar-refractivity contribution is -0.185. The van der Waals surface area contributed by atoms with Crippen LogP contribution in [0.4, 0.5) is 23.7 Å². The molecule has 1 aliphatic carbocycles. The molecule has 45 heavy (non-hydrogen) atoms.